The molecule has 1 fully saturated rings. The van der Waals surface area contributed by atoms with Crippen LogP contribution in [0.15, 0.2) is 29.6 Å². The van der Waals surface area contributed by atoms with Gasteiger partial charge in [0.05, 0.1) is 17.3 Å². The van der Waals surface area contributed by atoms with Crippen LogP contribution in [0, 0.1) is 6.92 Å². The minimum atomic E-state index is -0.836. The van der Waals surface area contributed by atoms with E-state index in [2.05, 4.69) is 4.98 Å². The smallest absolute Gasteiger partial charge is 0.347 e. The van der Waals surface area contributed by atoms with E-state index in [-0.39, 0.29) is 18.8 Å². The van der Waals surface area contributed by atoms with Crippen LogP contribution in [0.1, 0.15) is 27.5 Å². The number of aromatic nitrogens is 1. The number of cyclic esters (lactones) is 1. The predicted octanol–water partition coefficient (Wildman–Crippen LogP) is 2.50. The highest BCUT2D eigenvalue weighted by Crippen LogP contribution is 2.22. The lowest BCUT2D eigenvalue weighted by atomic mass is 10.2. The second-order valence-corrected chi connectivity index (χ2v) is 6.06. The van der Waals surface area contributed by atoms with E-state index in [0.717, 1.165) is 10.7 Å². The van der Waals surface area contributed by atoms with Gasteiger partial charge in [0.2, 0.25) is 6.10 Å². The highest BCUT2D eigenvalue weighted by atomic mass is 32.1. The molecule has 1 aliphatic heterocycles. The van der Waals surface area contributed by atoms with E-state index in [1.165, 1.54) is 11.3 Å². The number of esters is 2. The molecule has 1 saturated heterocycles. The molecule has 120 valence electrons. The van der Waals surface area contributed by atoms with E-state index >= 15 is 0 Å². The number of carbonyl (C=O) groups excluding carboxylic acids is 2. The Morgan fingerprint density at radius 1 is 1.43 bits per heavy atom. The molecule has 1 aliphatic rings. The molecule has 3 rings (SSSR count). The summed E-state index contributed by atoms with van der Waals surface area (Å²) in [4.78, 5) is 28.0. The van der Waals surface area contributed by atoms with E-state index in [1.807, 2.05) is 12.3 Å². The number of hydrogen-bond donors (Lipinski definition) is 0. The van der Waals surface area contributed by atoms with Crippen LogP contribution in [0.25, 0.3) is 0 Å². The van der Waals surface area contributed by atoms with Crippen LogP contribution in [-0.2, 0) is 20.9 Å². The van der Waals surface area contributed by atoms with E-state index in [1.54, 1.807) is 24.3 Å². The third-order valence-electron chi connectivity index (χ3n) is 3.29. The van der Waals surface area contributed by atoms with Crippen molar-refractivity contribution in [1.29, 1.82) is 0 Å². The molecular formula is C16H15NO5S. The summed E-state index contributed by atoms with van der Waals surface area (Å²) in [5, 5.41) is 2.86. The van der Waals surface area contributed by atoms with Gasteiger partial charge >= 0.3 is 11.9 Å². The second kappa shape index (κ2) is 6.78. The van der Waals surface area contributed by atoms with Crippen LogP contribution in [0.5, 0.6) is 5.75 Å². The fourth-order valence-corrected chi connectivity index (χ4v) is 2.76. The van der Waals surface area contributed by atoms with Crippen molar-refractivity contribution in [2.24, 2.45) is 0 Å². The van der Waals surface area contributed by atoms with Gasteiger partial charge in [-0.2, -0.15) is 0 Å². The Balaban J connectivity index is 1.69. The van der Waals surface area contributed by atoms with Crippen molar-refractivity contribution >= 4 is 23.3 Å². The number of aryl methyl sites for hydroxylation is 1. The van der Waals surface area contributed by atoms with Crippen LogP contribution in [0.4, 0.5) is 0 Å². The van der Waals surface area contributed by atoms with Crippen LogP contribution in [-0.4, -0.2) is 29.6 Å². The standard InChI is InChI=1S/C16H15NO5S/c1-10-17-11(9-23-10)8-21-13-5-3-2-4-12(13)15(18)22-14-6-7-20-16(14)19/h2-5,9,14H,6-8H2,1H3/t14-/m1/s1. The average Bonchev–Trinajstić information content (AvgIpc) is 3.14. The first-order valence-corrected chi connectivity index (χ1v) is 8.02. The van der Waals surface area contributed by atoms with Crippen molar-refractivity contribution in [1.82, 2.24) is 4.98 Å². The molecule has 1 aromatic heterocycles. The summed E-state index contributed by atoms with van der Waals surface area (Å²) in [5.41, 5.74) is 1.08. The first-order valence-electron chi connectivity index (χ1n) is 7.14. The molecule has 0 amide bonds. The van der Waals surface area contributed by atoms with Gasteiger partial charge < -0.3 is 14.2 Å². The Bertz CT molecular complexity index is 727. The van der Waals surface area contributed by atoms with Gasteiger partial charge in [-0.25, -0.2) is 14.6 Å². The van der Waals surface area contributed by atoms with Crippen molar-refractivity contribution < 1.29 is 23.8 Å². The Labute approximate surface area is 137 Å². The Hall–Kier alpha value is -2.41. The summed E-state index contributed by atoms with van der Waals surface area (Å²) < 4.78 is 15.7. The van der Waals surface area contributed by atoms with E-state index in [0.29, 0.717) is 12.2 Å². The number of benzene rings is 1. The molecule has 7 heteroatoms. The molecule has 1 atom stereocenters. The molecule has 0 spiro atoms. The van der Waals surface area contributed by atoms with Crippen LogP contribution >= 0.6 is 11.3 Å². The first-order chi connectivity index (χ1) is 11.1. The number of para-hydroxylation sites is 1. The molecule has 0 radical (unpaired) electrons. The van der Waals surface area contributed by atoms with E-state index in [4.69, 9.17) is 14.2 Å². The fraction of sp³-hybridized carbons (Fsp3) is 0.312. The topological polar surface area (TPSA) is 74.7 Å². The number of rotatable bonds is 5. The van der Waals surface area contributed by atoms with Gasteiger partial charge in [-0.3, -0.25) is 0 Å². The highest BCUT2D eigenvalue weighted by Gasteiger charge is 2.31. The van der Waals surface area contributed by atoms with Crippen molar-refractivity contribution in [3.63, 3.8) is 0 Å². The summed E-state index contributed by atoms with van der Waals surface area (Å²) >= 11 is 1.54. The van der Waals surface area contributed by atoms with Crippen molar-refractivity contribution in [3.8, 4) is 5.75 Å². The molecule has 0 N–H and O–H groups in total. The molecular weight excluding hydrogens is 318 g/mol. The van der Waals surface area contributed by atoms with Gasteiger partial charge in [0.1, 0.15) is 17.9 Å². The maximum absolute atomic E-state index is 12.3. The zero-order valence-electron chi connectivity index (χ0n) is 12.5. The molecule has 1 aromatic carbocycles. The van der Waals surface area contributed by atoms with Crippen molar-refractivity contribution in [2.45, 2.75) is 26.1 Å². The molecule has 2 aromatic rings. The number of thiazole rings is 1. The molecule has 0 aliphatic carbocycles. The van der Waals surface area contributed by atoms with Crippen LogP contribution in [0.2, 0.25) is 0 Å². The third-order valence-corrected chi connectivity index (χ3v) is 4.11. The minimum absolute atomic E-state index is 0.264. The maximum Gasteiger partial charge on any atom is 0.347 e. The average molecular weight is 333 g/mol. The number of ether oxygens (including phenoxy) is 3. The minimum Gasteiger partial charge on any atom is -0.486 e. The lowest BCUT2D eigenvalue weighted by Crippen LogP contribution is -2.23. The van der Waals surface area contributed by atoms with Crippen LogP contribution in [0.3, 0.4) is 0 Å². The molecule has 0 unspecified atom stereocenters. The Kier molecular flexibility index (Phi) is 4.57. The maximum atomic E-state index is 12.3. The van der Waals surface area contributed by atoms with E-state index < -0.39 is 18.0 Å². The highest BCUT2D eigenvalue weighted by molar-refractivity contribution is 7.09. The van der Waals surface area contributed by atoms with Gasteiger partial charge in [-0.1, -0.05) is 12.1 Å². The zero-order chi connectivity index (χ0) is 16.2. The predicted molar refractivity (Wildman–Crippen MR) is 82.4 cm³/mol. The van der Waals surface area contributed by atoms with Gasteiger partial charge in [0.25, 0.3) is 0 Å². The molecule has 2 heterocycles. The monoisotopic (exact) mass is 333 g/mol. The Morgan fingerprint density at radius 2 is 2.26 bits per heavy atom. The fourth-order valence-electron chi connectivity index (χ4n) is 2.16. The summed E-state index contributed by atoms with van der Waals surface area (Å²) in [7, 11) is 0. The van der Waals surface area contributed by atoms with Crippen LogP contribution < -0.4 is 4.74 Å². The summed E-state index contributed by atoms with van der Waals surface area (Å²) in [6.45, 7) is 2.46. The SMILES string of the molecule is Cc1nc(COc2ccccc2C(=O)O[C@@H]2CCOC2=O)cs1. The molecule has 0 saturated carbocycles. The summed E-state index contributed by atoms with van der Waals surface area (Å²) in [5.74, 6) is -0.705. The second-order valence-electron chi connectivity index (χ2n) is 4.99. The van der Waals surface area contributed by atoms with Gasteiger partial charge in [0, 0.05) is 11.8 Å². The third kappa shape index (κ3) is 3.68. The van der Waals surface area contributed by atoms with Gasteiger partial charge in [-0.15, -0.1) is 11.3 Å². The lowest BCUT2D eigenvalue weighted by molar-refractivity contribution is -0.145. The molecule has 0 bridgehead atoms. The van der Waals surface area contributed by atoms with Gasteiger partial charge in [0.15, 0.2) is 0 Å². The molecule has 23 heavy (non-hydrogen) atoms. The lowest BCUT2D eigenvalue weighted by Gasteiger charge is -2.12. The number of nitrogens with zero attached hydrogens (tertiary/aromatic N) is 1. The van der Waals surface area contributed by atoms with Crippen molar-refractivity contribution in [2.75, 3.05) is 6.61 Å². The number of carbonyl (C=O) groups is 2. The number of hydrogen-bond acceptors (Lipinski definition) is 7. The first kappa shape index (κ1) is 15.5. The molecule has 6 nitrogen and oxygen atoms in total. The van der Waals surface area contributed by atoms with Crippen molar-refractivity contribution in [3.05, 3.63) is 45.9 Å². The quantitative estimate of drug-likeness (QED) is 0.783. The zero-order valence-corrected chi connectivity index (χ0v) is 13.3. The largest absolute Gasteiger partial charge is 0.486 e. The van der Waals surface area contributed by atoms with E-state index in [9.17, 15) is 9.59 Å². The summed E-state index contributed by atoms with van der Waals surface area (Å²) in [6, 6.07) is 6.76. The van der Waals surface area contributed by atoms with Gasteiger partial charge in [-0.05, 0) is 19.1 Å². The normalized spacial score (nSPS) is 16.9. The summed E-state index contributed by atoms with van der Waals surface area (Å²) in [6.07, 6.45) is -0.456. The Morgan fingerprint density at radius 3 is 2.96 bits per heavy atom.